The zero-order valence-electron chi connectivity index (χ0n) is 19.6. The summed E-state index contributed by atoms with van der Waals surface area (Å²) >= 11 is 1.56. The second-order valence-electron chi connectivity index (χ2n) is 7.83. The Kier molecular flexibility index (Phi) is 6.74. The van der Waals surface area contributed by atoms with E-state index in [1.165, 1.54) is 0 Å². The Morgan fingerprint density at radius 2 is 1.94 bits per heavy atom. The number of aryl methyl sites for hydroxylation is 1. The summed E-state index contributed by atoms with van der Waals surface area (Å²) in [5.74, 6) is 2.01. The Labute approximate surface area is 198 Å². The summed E-state index contributed by atoms with van der Waals surface area (Å²) in [4.78, 5) is 18.4. The minimum absolute atomic E-state index is 0.184. The number of hydrogen-bond donors (Lipinski definition) is 2. The fraction of sp³-hybridized carbons (Fsp3) is 0.320. The Morgan fingerprint density at radius 3 is 2.70 bits per heavy atom. The largest absolute Gasteiger partial charge is 0.494 e. The van der Waals surface area contributed by atoms with Gasteiger partial charge in [0.05, 0.1) is 12.2 Å². The van der Waals surface area contributed by atoms with Gasteiger partial charge in [0.1, 0.15) is 11.8 Å². The molecule has 3 aromatic rings. The molecule has 1 aliphatic heterocycles. The number of hydrogen-bond acceptors (Lipinski definition) is 6. The number of nitrogens with one attached hydrogen (secondary N) is 2. The third-order valence-electron chi connectivity index (χ3n) is 5.72. The molecule has 1 aromatic heterocycles. The summed E-state index contributed by atoms with van der Waals surface area (Å²) in [6.45, 7) is 10.5. The molecule has 1 unspecified atom stereocenters. The number of anilines is 2. The van der Waals surface area contributed by atoms with Crippen LogP contribution in [0.2, 0.25) is 0 Å². The molecule has 1 atom stereocenters. The van der Waals surface area contributed by atoms with E-state index < -0.39 is 6.04 Å². The van der Waals surface area contributed by atoms with Crippen LogP contribution in [0.4, 0.5) is 11.6 Å². The number of thioether (sulfide) groups is 1. The van der Waals surface area contributed by atoms with Crippen LogP contribution in [0, 0.1) is 13.8 Å². The molecule has 0 spiro atoms. The lowest BCUT2D eigenvalue weighted by atomic mass is 9.94. The highest BCUT2D eigenvalue weighted by Gasteiger charge is 2.36. The zero-order valence-corrected chi connectivity index (χ0v) is 20.4. The van der Waals surface area contributed by atoms with Gasteiger partial charge in [-0.2, -0.15) is 4.98 Å². The molecular formula is C25H29N5O2S. The number of nitrogens with zero attached hydrogens (tertiary/aromatic N) is 3. The lowest BCUT2D eigenvalue weighted by molar-refractivity contribution is -0.113. The van der Waals surface area contributed by atoms with Crippen molar-refractivity contribution in [3.05, 3.63) is 70.4 Å². The maximum atomic E-state index is 13.7. The molecule has 172 valence electrons. The van der Waals surface area contributed by atoms with Crippen LogP contribution in [-0.4, -0.2) is 33.0 Å². The van der Waals surface area contributed by atoms with Gasteiger partial charge < -0.3 is 15.4 Å². The molecule has 0 radical (unpaired) electrons. The maximum Gasteiger partial charge on any atom is 0.255 e. The van der Waals surface area contributed by atoms with Crippen molar-refractivity contribution in [2.45, 2.75) is 45.8 Å². The van der Waals surface area contributed by atoms with Crippen LogP contribution in [0.3, 0.4) is 0 Å². The van der Waals surface area contributed by atoms with Gasteiger partial charge in [-0.3, -0.25) is 4.79 Å². The van der Waals surface area contributed by atoms with Crippen molar-refractivity contribution in [3.8, 4) is 5.75 Å². The first-order valence-corrected chi connectivity index (χ1v) is 12.1. The van der Waals surface area contributed by atoms with Gasteiger partial charge in [0.2, 0.25) is 11.1 Å². The Morgan fingerprint density at radius 1 is 1.15 bits per heavy atom. The summed E-state index contributed by atoms with van der Waals surface area (Å²) in [5.41, 5.74) is 5.14. The predicted octanol–water partition coefficient (Wildman–Crippen LogP) is 5.33. The fourth-order valence-corrected chi connectivity index (χ4v) is 4.53. The van der Waals surface area contributed by atoms with E-state index in [0.29, 0.717) is 23.3 Å². The van der Waals surface area contributed by atoms with Crippen molar-refractivity contribution in [1.29, 1.82) is 0 Å². The first-order chi connectivity index (χ1) is 15.9. The van der Waals surface area contributed by atoms with Crippen molar-refractivity contribution in [3.63, 3.8) is 0 Å². The van der Waals surface area contributed by atoms with Crippen molar-refractivity contribution >= 4 is 29.3 Å². The average Bonchev–Trinajstić information content (AvgIpc) is 3.19. The van der Waals surface area contributed by atoms with Crippen LogP contribution < -0.4 is 15.4 Å². The van der Waals surface area contributed by atoms with Gasteiger partial charge in [-0.25, -0.2) is 4.68 Å². The molecule has 7 nitrogen and oxygen atoms in total. The van der Waals surface area contributed by atoms with Crippen LogP contribution in [0.1, 0.15) is 43.5 Å². The summed E-state index contributed by atoms with van der Waals surface area (Å²) < 4.78 is 7.73. The van der Waals surface area contributed by atoms with Crippen LogP contribution in [0.25, 0.3) is 0 Å². The minimum atomic E-state index is -0.479. The highest BCUT2D eigenvalue weighted by Crippen LogP contribution is 2.40. The lowest BCUT2D eigenvalue weighted by Gasteiger charge is -2.29. The average molecular weight is 464 g/mol. The highest BCUT2D eigenvalue weighted by atomic mass is 32.2. The zero-order chi connectivity index (χ0) is 23.5. The van der Waals surface area contributed by atoms with E-state index in [9.17, 15) is 4.79 Å². The molecule has 0 saturated carbocycles. The van der Waals surface area contributed by atoms with Crippen LogP contribution in [-0.2, 0) is 4.79 Å². The number of benzene rings is 2. The van der Waals surface area contributed by atoms with Crippen molar-refractivity contribution < 1.29 is 9.53 Å². The number of aromatic nitrogens is 3. The molecule has 0 fully saturated rings. The number of ether oxygens (including phenoxy) is 1. The third kappa shape index (κ3) is 4.48. The number of amides is 1. The van der Waals surface area contributed by atoms with Crippen molar-refractivity contribution in [1.82, 2.24) is 14.8 Å². The van der Waals surface area contributed by atoms with E-state index >= 15 is 0 Å². The topological polar surface area (TPSA) is 81.1 Å². The van der Waals surface area contributed by atoms with Gasteiger partial charge in [-0.15, -0.1) is 5.10 Å². The summed E-state index contributed by atoms with van der Waals surface area (Å²) in [7, 11) is 0. The lowest BCUT2D eigenvalue weighted by Crippen LogP contribution is -2.32. The number of carbonyl (C=O) groups is 1. The van der Waals surface area contributed by atoms with E-state index in [0.717, 1.165) is 39.6 Å². The monoisotopic (exact) mass is 463 g/mol. The molecule has 0 bridgehead atoms. The van der Waals surface area contributed by atoms with Crippen LogP contribution >= 0.6 is 11.8 Å². The molecule has 1 amide bonds. The molecule has 4 rings (SSSR count). The van der Waals surface area contributed by atoms with E-state index in [2.05, 4.69) is 22.5 Å². The second-order valence-corrected chi connectivity index (χ2v) is 9.07. The maximum absolute atomic E-state index is 13.7. The van der Waals surface area contributed by atoms with E-state index in [1.807, 2.05) is 70.2 Å². The normalized spacial score (nSPS) is 15.1. The van der Waals surface area contributed by atoms with Crippen molar-refractivity contribution in [2.24, 2.45) is 0 Å². The Hall–Kier alpha value is -3.26. The summed E-state index contributed by atoms with van der Waals surface area (Å²) in [6.07, 6.45) is 0. The molecule has 2 heterocycles. The number of para-hydroxylation sites is 1. The second kappa shape index (κ2) is 9.70. The Bertz CT molecular complexity index is 1220. The van der Waals surface area contributed by atoms with Gasteiger partial charge in [-0.1, -0.05) is 49.0 Å². The van der Waals surface area contributed by atoms with Gasteiger partial charge in [0.25, 0.3) is 5.91 Å². The predicted molar refractivity (Wildman–Crippen MR) is 133 cm³/mol. The molecule has 1 aliphatic rings. The molecule has 0 aliphatic carbocycles. The fourth-order valence-electron chi connectivity index (χ4n) is 3.97. The quantitative estimate of drug-likeness (QED) is 0.461. The van der Waals surface area contributed by atoms with Gasteiger partial charge in [0, 0.05) is 16.9 Å². The molecule has 2 aromatic carbocycles. The number of carbonyl (C=O) groups excluding carboxylic acids is 1. The SMILES string of the molecule is CCOc1ccccc1C1C(C(=O)Nc2cccc(C)c2C)=C(C)Nc2nc(SCC)nn21. The number of rotatable bonds is 7. The molecule has 2 N–H and O–H groups in total. The van der Waals surface area contributed by atoms with E-state index in [1.54, 1.807) is 16.4 Å². The van der Waals surface area contributed by atoms with Crippen LogP contribution in [0.15, 0.2) is 58.9 Å². The van der Waals surface area contributed by atoms with Crippen LogP contribution in [0.5, 0.6) is 5.75 Å². The minimum Gasteiger partial charge on any atom is -0.494 e. The number of allylic oxidation sites excluding steroid dienone is 1. The summed E-state index contributed by atoms with van der Waals surface area (Å²) in [6, 6.07) is 13.2. The van der Waals surface area contributed by atoms with E-state index in [4.69, 9.17) is 9.84 Å². The molecule has 33 heavy (non-hydrogen) atoms. The van der Waals surface area contributed by atoms with Gasteiger partial charge in [0.15, 0.2) is 0 Å². The first-order valence-electron chi connectivity index (χ1n) is 11.1. The highest BCUT2D eigenvalue weighted by molar-refractivity contribution is 7.99. The first kappa shape index (κ1) is 22.9. The molecular weight excluding hydrogens is 434 g/mol. The summed E-state index contributed by atoms with van der Waals surface area (Å²) in [5, 5.41) is 11.8. The number of fused-ring (bicyclic) bond motifs is 1. The third-order valence-corrected chi connectivity index (χ3v) is 6.44. The molecule has 8 heteroatoms. The van der Waals surface area contributed by atoms with E-state index in [-0.39, 0.29) is 5.91 Å². The smallest absolute Gasteiger partial charge is 0.255 e. The van der Waals surface area contributed by atoms with Gasteiger partial charge >= 0.3 is 0 Å². The van der Waals surface area contributed by atoms with Crippen molar-refractivity contribution in [2.75, 3.05) is 23.0 Å². The Balaban J connectivity index is 1.83. The standard InChI is InChI=1S/C25H29N5O2S/c1-6-32-20-14-9-8-12-18(20)22-21(23(31)27-19-13-10-11-15(3)16(19)4)17(5)26-24-28-25(33-7-2)29-30(22)24/h8-14,22H,6-7H2,1-5H3,(H,27,31)(H,26,28,29). The van der Waals surface area contributed by atoms with Gasteiger partial charge in [-0.05, 0) is 56.7 Å². The molecule has 0 saturated heterocycles.